The fourth-order valence-corrected chi connectivity index (χ4v) is 3.41. The highest BCUT2D eigenvalue weighted by atomic mass is 16.5. The predicted molar refractivity (Wildman–Crippen MR) is 95.9 cm³/mol. The highest BCUT2D eigenvalue weighted by molar-refractivity contribution is 6.14. The van der Waals surface area contributed by atoms with Gasteiger partial charge in [0.25, 0.3) is 5.91 Å². The molecule has 1 atom stereocenters. The third-order valence-corrected chi connectivity index (χ3v) is 4.60. The monoisotopic (exact) mass is 320 g/mol. The summed E-state index contributed by atoms with van der Waals surface area (Å²) in [5, 5.41) is 0. The average molecular weight is 320 g/mol. The normalized spacial score (nSPS) is 18.0. The van der Waals surface area contributed by atoms with Crippen LogP contribution in [0.5, 0.6) is 5.75 Å². The van der Waals surface area contributed by atoms with E-state index in [2.05, 4.69) is 18.0 Å². The van der Waals surface area contributed by atoms with Gasteiger partial charge in [-0.1, -0.05) is 25.1 Å². The van der Waals surface area contributed by atoms with Gasteiger partial charge >= 0.3 is 0 Å². The minimum absolute atomic E-state index is 0.0115. The molecule has 4 heteroatoms. The van der Waals surface area contributed by atoms with Crippen LogP contribution >= 0.6 is 0 Å². The van der Waals surface area contributed by atoms with Crippen molar-refractivity contribution < 1.29 is 9.53 Å². The Morgan fingerprint density at radius 1 is 1.29 bits per heavy atom. The van der Waals surface area contributed by atoms with Gasteiger partial charge in [-0.3, -0.25) is 14.7 Å². The Bertz CT molecular complexity index is 842. The van der Waals surface area contributed by atoms with Gasteiger partial charge in [-0.2, -0.15) is 0 Å². The van der Waals surface area contributed by atoms with E-state index in [-0.39, 0.29) is 11.9 Å². The molecule has 2 aliphatic heterocycles. The van der Waals surface area contributed by atoms with Crippen LogP contribution in [0.1, 0.15) is 34.8 Å². The number of benzene rings is 2. The topological polar surface area (TPSA) is 41.9 Å². The molecule has 2 heterocycles. The molecule has 0 N–H and O–H groups in total. The lowest BCUT2D eigenvalue weighted by Gasteiger charge is -2.21. The van der Waals surface area contributed by atoms with Crippen molar-refractivity contribution in [3.63, 3.8) is 0 Å². The summed E-state index contributed by atoms with van der Waals surface area (Å²) in [7, 11) is 0. The van der Waals surface area contributed by atoms with Crippen molar-refractivity contribution in [2.75, 3.05) is 11.5 Å². The second-order valence-electron chi connectivity index (χ2n) is 6.34. The molecule has 0 aromatic heterocycles. The number of fused-ring (bicyclic) bond motifs is 4. The number of anilines is 1. The summed E-state index contributed by atoms with van der Waals surface area (Å²) in [6, 6.07) is 11.9. The number of hydrogen-bond donors (Lipinski definition) is 0. The van der Waals surface area contributed by atoms with Crippen molar-refractivity contribution in [2.45, 2.75) is 32.7 Å². The van der Waals surface area contributed by atoms with E-state index in [9.17, 15) is 4.79 Å². The van der Waals surface area contributed by atoms with Gasteiger partial charge in [0.05, 0.1) is 23.9 Å². The lowest BCUT2D eigenvalue weighted by molar-refractivity contribution is 0.0987. The first-order valence-corrected chi connectivity index (χ1v) is 8.42. The molecule has 0 radical (unpaired) electrons. The van der Waals surface area contributed by atoms with Crippen LogP contribution in [0.3, 0.4) is 0 Å². The average Bonchev–Trinajstić information content (AvgIpc) is 2.91. The standard InChI is InChI=1S/C20H20N2O2/c1-3-8-24-19-11-17-16(9-13(19)2)20(23)22-15(12-21-17)10-14-6-4-5-7-18(14)22/h4-7,9,11-12,15H,3,8,10H2,1-2H3/t15-/m0/s1. The summed E-state index contributed by atoms with van der Waals surface area (Å²) in [4.78, 5) is 19.6. The van der Waals surface area contributed by atoms with Gasteiger partial charge in [0, 0.05) is 24.4 Å². The van der Waals surface area contributed by atoms with E-state index >= 15 is 0 Å². The first kappa shape index (κ1) is 14.9. The third kappa shape index (κ3) is 2.30. The highest BCUT2D eigenvalue weighted by Gasteiger charge is 2.36. The summed E-state index contributed by atoms with van der Waals surface area (Å²) in [6.07, 6.45) is 3.66. The SMILES string of the molecule is CCCOc1cc2c(cc1C)C(=O)N1c3ccccc3C[C@H]1C=N2. The molecule has 2 aliphatic rings. The number of carbonyl (C=O) groups is 1. The van der Waals surface area contributed by atoms with Crippen LogP contribution in [0, 0.1) is 6.92 Å². The number of aliphatic imine (C=N–C) groups is 1. The van der Waals surface area contributed by atoms with Crippen LogP contribution in [0.2, 0.25) is 0 Å². The summed E-state index contributed by atoms with van der Waals surface area (Å²) < 4.78 is 5.78. The number of hydrogen-bond acceptors (Lipinski definition) is 3. The lowest BCUT2D eigenvalue weighted by Crippen LogP contribution is -2.37. The Balaban J connectivity index is 1.78. The van der Waals surface area contributed by atoms with Gasteiger partial charge in [-0.05, 0) is 36.6 Å². The van der Waals surface area contributed by atoms with Crippen molar-refractivity contribution >= 4 is 23.5 Å². The molecule has 0 spiro atoms. The van der Waals surface area contributed by atoms with Crippen molar-refractivity contribution in [3.05, 3.63) is 53.1 Å². The van der Waals surface area contributed by atoms with E-state index in [1.54, 1.807) is 0 Å². The molecule has 0 aliphatic carbocycles. The van der Waals surface area contributed by atoms with Crippen molar-refractivity contribution in [1.29, 1.82) is 0 Å². The Morgan fingerprint density at radius 3 is 2.96 bits per heavy atom. The molecular formula is C20H20N2O2. The fourth-order valence-electron chi connectivity index (χ4n) is 3.41. The van der Waals surface area contributed by atoms with E-state index in [1.165, 1.54) is 5.56 Å². The maximum Gasteiger partial charge on any atom is 0.261 e. The van der Waals surface area contributed by atoms with Crippen LogP contribution in [-0.2, 0) is 6.42 Å². The van der Waals surface area contributed by atoms with E-state index < -0.39 is 0 Å². The molecule has 24 heavy (non-hydrogen) atoms. The molecule has 122 valence electrons. The van der Waals surface area contributed by atoms with Gasteiger partial charge < -0.3 is 4.74 Å². The quantitative estimate of drug-likeness (QED) is 0.855. The van der Waals surface area contributed by atoms with E-state index in [0.717, 1.165) is 29.8 Å². The zero-order valence-electron chi connectivity index (χ0n) is 14.0. The predicted octanol–water partition coefficient (Wildman–Crippen LogP) is 4.07. The number of aryl methyl sites for hydroxylation is 1. The minimum atomic E-state index is -0.0115. The molecule has 4 nitrogen and oxygen atoms in total. The molecule has 0 unspecified atom stereocenters. The summed E-state index contributed by atoms with van der Waals surface area (Å²) in [6.45, 7) is 4.72. The molecule has 1 amide bonds. The zero-order chi connectivity index (χ0) is 16.7. The zero-order valence-corrected chi connectivity index (χ0v) is 14.0. The number of nitrogens with zero attached hydrogens (tertiary/aromatic N) is 2. The molecule has 0 bridgehead atoms. The molecule has 0 fully saturated rings. The van der Waals surface area contributed by atoms with Crippen molar-refractivity contribution in [2.24, 2.45) is 4.99 Å². The van der Waals surface area contributed by atoms with Crippen LogP contribution in [0.15, 0.2) is 41.4 Å². The van der Waals surface area contributed by atoms with Gasteiger partial charge in [-0.15, -0.1) is 0 Å². The van der Waals surface area contributed by atoms with Crippen LogP contribution < -0.4 is 9.64 Å². The van der Waals surface area contributed by atoms with Crippen LogP contribution in [-0.4, -0.2) is 24.8 Å². The molecule has 0 saturated heterocycles. The summed E-state index contributed by atoms with van der Waals surface area (Å²) in [5.41, 5.74) is 4.51. The summed E-state index contributed by atoms with van der Waals surface area (Å²) >= 11 is 0. The first-order valence-electron chi connectivity index (χ1n) is 8.42. The molecule has 2 aromatic rings. The molecule has 4 rings (SSSR count). The number of ether oxygens (including phenoxy) is 1. The maximum atomic E-state index is 13.2. The van der Waals surface area contributed by atoms with Gasteiger partial charge in [0.2, 0.25) is 0 Å². The summed E-state index contributed by atoms with van der Waals surface area (Å²) in [5.74, 6) is 0.825. The second-order valence-corrected chi connectivity index (χ2v) is 6.34. The Morgan fingerprint density at radius 2 is 2.12 bits per heavy atom. The van der Waals surface area contributed by atoms with Gasteiger partial charge in [-0.25, -0.2) is 0 Å². The second kappa shape index (κ2) is 5.78. The Labute approximate surface area is 141 Å². The number of rotatable bonds is 3. The van der Waals surface area contributed by atoms with E-state index in [0.29, 0.717) is 17.9 Å². The number of para-hydroxylation sites is 1. The maximum absolute atomic E-state index is 13.2. The van der Waals surface area contributed by atoms with Crippen molar-refractivity contribution in [1.82, 2.24) is 0 Å². The van der Waals surface area contributed by atoms with Gasteiger partial charge in [0.15, 0.2) is 0 Å². The molecular weight excluding hydrogens is 300 g/mol. The lowest BCUT2D eigenvalue weighted by atomic mass is 10.1. The largest absolute Gasteiger partial charge is 0.493 e. The van der Waals surface area contributed by atoms with Crippen LogP contribution in [0.25, 0.3) is 0 Å². The fraction of sp³-hybridized carbons (Fsp3) is 0.300. The number of carbonyl (C=O) groups excluding carboxylic acids is 1. The Kier molecular flexibility index (Phi) is 3.60. The Hall–Kier alpha value is -2.62. The van der Waals surface area contributed by atoms with E-state index in [4.69, 9.17) is 4.74 Å². The van der Waals surface area contributed by atoms with Gasteiger partial charge in [0.1, 0.15) is 5.75 Å². The van der Waals surface area contributed by atoms with E-state index in [1.807, 2.05) is 48.4 Å². The minimum Gasteiger partial charge on any atom is -0.493 e. The molecule has 0 saturated carbocycles. The first-order chi connectivity index (χ1) is 11.7. The smallest absolute Gasteiger partial charge is 0.261 e. The van der Waals surface area contributed by atoms with Crippen LogP contribution in [0.4, 0.5) is 11.4 Å². The number of amides is 1. The van der Waals surface area contributed by atoms with Crippen molar-refractivity contribution in [3.8, 4) is 5.75 Å². The highest BCUT2D eigenvalue weighted by Crippen LogP contribution is 2.38. The molecule has 2 aromatic carbocycles. The third-order valence-electron chi connectivity index (χ3n) is 4.60.